The van der Waals surface area contributed by atoms with Gasteiger partial charge in [-0.3, -0.25) is 9.89 Å². The van der Waals surface area contributed by atoms with Crippen LogP contribution in [0.25, 0.3) is 11.4 Å². The van der Waals surface area contributed by atoms with Crippen LogP contribution >= 0.6 is 0 Å². The molecule has 0 bridgehead atoms. The van der Waals surface area contributed by atoms with Gasteiger partial charge in [0.05, 0.1) is 0 Å². The van der Waals surface area contributed by atoms with Gasteiger partial charge in [-0.25, -0.2) is 4.98 Å². The summed E-state index contributed by atoms with van der Waals surface area (Å²) in [4.78, 5) is 17.9. The maximum Gasteiger partial charge on any atom is 0.426 e. The standard InChI is InChI=1S/C20H25F3N4O2/c1-18(2,16-24-15(25-26-16)13-7-5-4-6-8-13)14-9-11-27(12-10-14)17(28)19(3,29)20(21,22)23/h4-8,14,29H,9-12H2,1-3H3,(H,24,25,26). The van der Waals surface area contributed by atoms with Crippen molar-refractivity contribution in [3.05, 3.63) is 36.2 Å². The van der Waals surface area contributed by atoms with Crippen LogP contribution in [0, 0.1) is 5.92 Å². The number of hydrogen-bond donors (Lipinski definition) is 2. The Morgan fingerprint density at radius 3 is 2.28 bits per heavy atom. The van der Waals surface area contributed by atoms with E-state index in [9.17, 15) is 23.1 Å². The third-order valence-electron chi connectivity index (χ3n) is 5.90. The Morgan fingerprint density at radius 1 is 1.14 bits per heavy atom. The molecule has 0 spiro atoms. The van der Waals surface area contributed by atoms with Crippen LogP contribution < -0.4 is 0 Å². The largest absolute Gasteiger partial charge is 0.426 e. The molecule has 1 aromatic heterocycles. The minimum absolute atomic E-state index is 0.0963. The van der Waals surface area contributed by atoms with Crippen molar-refractivity contribution in [1.82, 2.24) is 20.1 Å². The second-order valence-electron chi connectivity index (χ2n) is 8.23. The number of nitrogens with one attached hydrogen (secondary N) is 1. The molecule has 2 N–H and O–H groups in total. The molecule has 1 saturated heterocycles. The van der Waals surface area contributed by atoms with Crippen molar-refractivity contribution >= 4 is 5.91 Å². The molecule has 158 valence electrons. The number of alkyl halides is 3. The summed E-state index contributed by atoms with van der Waals surface area (Å²) in [6.07, 6.45) is -3.99. The number of benzene rings is 1. The van der Waals surface area contributed by atoms with E-state index in [1.54, 1.807) is 0 Å². The molecule has 1 atom stereocenters. The second kappa shape index (κ2) is 7.44. The number of halogens is 3. The van der Waals surface area contributed by atoms with E-state index in [4.69, 9.17) is 0 Å². The van der Waals surface area contributed by atoms with Gasteiger partial charge in [0, 0.05) is 24.1 Å². The lowest BCUT2D eigenvalue weighted by atomic mass is 9.73. The number of aromatic nitrogens is 3. The van der Waals surface area contributed by atoms with Crippen LogP contribution in [0.15, 0.2) is 30.3 Å². The fourth-order valence-electron chi connectivity index (χ4n) is 3.69. The fourth-order valence-corrected chi connectivity index (χ4v) is 3.69. The summed E-state index contributed by atoms with van der Waals surface area (Å²) in [6, 6.07) is 9.54. The Labute approximate surface area is 167 Å². The van der Waals surface area contributed by atoms with Crippen molar-refractivity contribution in [3.8, 4) is 11.4 Å². The zero-order chi connectivity index (χ0) is 21.4. The molecule has 0 saturated carbocycles. The van der Waals surface area contributed by atoms with E-state index in [-0.39, 0.29) is 19.0 Å². The maximum absolute atomic E-state index is 13.0. The molecule has 0 aliphatic carbocycles. The van der Waals surface area contributed by atoms with E-state index in [2.05, 4.69) is 15.2 Å². The third-order valence-corrected chi connectivity index (χ3v) is 5.90. The van der Waals surface area contributed by atoms with Gasteiger partial charge in [0.2, 0.25) is 5.60 Å². The van der Waals surface area contributed by atoms with Gasteiger partial charge in [0.15, 0.2) is 5.82 Å². The van der Waals surface area contributed by atoms with E-state index in [0.29, 0.717) is 31.4 Å². The van der Waals surface area contributed by atoms with E-state index >= 15 is 0 Å². The van der Waals surface area contributed by atoms with Crippen molar-refractivity contribution in [2.24, 2.45) is 5.92 Å². The van der Waals surface area contributed by atoms with Crippen LogP contribution in [0.4, 0.5) is 13.2 Å². The van der Waals surface area contributed by atoms with Gasteiger partial charge >= 0.3 is 6.18 Å². The first-order chi connectivity index (χ1) is 13.4. The number of rotatable bonds is 4. The Balaban J connectivity index is 1.69. The van der Waals surface area contributed by atoms with Crippen LogP contribution in [0.1, 0.15) is 39.4 Å². The molecule has 3 rings (SSSR count). The molecule has 0 radical (unpaired) electrons. The van der Waals surface area contributed by atoms with Crippen LogP contribution in [-0.2, 0) is 10.2 Å². The van der Waals surface area contributed by atoms with Crippen molar-refractivity contribution in [2.75, 3.05) is 13.1 Å². The molecule has 6 nitrogen and oxygen atoms in total. The average Bonchev–Trinajstić information content (AvgIpc) is 3.18. The molecular formula is C20H25F3N4O2. The number of aliphatic hydroxyl groups is 1. The van der Waals surface area contributed by atoms with E-state index in [0.717, 1.165) is 10.5 Å². The molecule has 29 heavy (non-hydrogen) atoms. The quantitative estimate of drug-likeness (QED) is 0.810. The Hall–Kier alpha value is -2.42. The van der Waals surface area contributed by atoms with E-state index in [1.807, 2.05) is 44.2 Å². The molecule has 1 aromatic carbocycles. The second-order valence-corrected chi connectivity index (χ2v) is 8.23. The van der Waals surface area contributed by atoms with Crippen LogP contribution in [0.3, 0.4) is 0 Å². The smallest absolute Gasteiger partial charge is 0.373 e. The molecule has 1 amide bonds. The highest BCUT2D eigenvalue weighted by molar-refractivity contribution is 5.85. The number of H-pyrrole nitrogens is 1. The number of amides is 1. The minimum atomic E-state index is -5.01. The highest BCUT2D eigenvalue weighted by Crippen LogP contribution is 2.38. The first kappa shape index (κ1) is 21.3. The molecule has 2 heterocycles. The summed E-state index contributed by atoms with van der Waals surface area (Å²) in [7, 11) is 0. The molecule has 9 heteroatoms. The highest BCUT2D eigenvalue weighted by atomic mass is 19.4. The van der Waals surface area contributed by atoms with Crippen molar-refractivity contribution < 1.29 is 23.1 Å². The Morgan fingerprint density at radius 2 is 1.72 bits per heavy atom. The zero-order valence-electron chi connectivity index (χ0n) is 16.6. The monoisotopic (exact) mass is 410 g/mol. The summed E-state index contributed by atoms with van der Waals surface area (Å²) in [5.74, 6) is 0.0807. The number of nitrogens with zero attached hydrogens (tertiary/aromatic N) is 3. The van der Waals surface area contributed by atoms with Gasteiger partial charge in [0.1, 0.15) is 5.82 Å². The predicted molar refractivity (Wildman–Crippen MR) is 101 cm³/mol. The topological polar surface area (TPSA) is 82.1 Å². The van der Waals surface area contributed by atoms with Gasteiger partial charge in [-0.1, -0.05) is 44.2 Å². The summed E-state index contributed by atoms with van der Waals surface area (Å²) >= 11 is 0. The van der Waals surface area contributed by atoms with Crippen LogP contribution in [0.2, 0.25) is 0 Å². The summed E-state index contributed by atoms with van der Waals surface area (Å²) < 4.78 is 38.9. The minimum Gasteiger partial charge on any atom is -0.373 e. The maximum atomic E-state index is 13.0. The van der Waals surface area contributed by atoms with Gasteiger partial charge < -0.3 is 10.0 Å². The average molecular weight is 410 g/mol. The van der Waals surface area contributed by atoms with E-state index in [1.165, 1.54) is 0 Å². The van der Waals surface area contributed by atoms with Crippen LogP contribution in [0.5, 0.6) is 0 Å². The number of aromatic amines is 1. The summed E-state index contributed by atoms with van der Waals surface area (Å²) in [5, 5.41) is 16.9. The zero-order valence-corrected chi connectivity index (χ0v) is 16.6. The first-order valence-electron chi connectivity index (χ1n) is 9.51. The van der Waals surface area contributed by atoms with Crippen molar-refractivity contribution in [2.45, 2.75) is 50.8 Å². The lowest BCUT2D eigenvalue weighted by Crippen LogP contribution is -2.58. The van der Waals surface area contributed by atoms with Crippen molar-refractivity contribution in [1.29, 1.82) is 0 Å². The van der Waals surface area contributed by atoms with Gasteiger partial charge in [-0.2, -0.15) is 18.3 Å². The number of piperidine rings is 1. The van der Waals surface area contributed by atoms with Gasteiger partial charge in [-0.15, -0.1) is 0 Å². The SMILES string of the molecule is CC(C)(c1nc(-c2ccccc2)n[nH]1)C1CCN(C(=O)C(C)(O)C(F)(F)F)CC1. The summed E-state index contributed by atoms with van der Waals surface area (Å²) in [5.41, 5.74) is -2.88. The number of likely N-dealkylation sites (tertiary alicyclic amines) is 1. The van der Waals surface area contributed by atoms with E-state index < -0.39 is 23.1 Å². The Bertz CT molecular complexity index is 854. The Kier molecular flexibility index (Phi) is 5.46. The van der Waals surface area contributed by atoms with Gasteiger partial charge in [0.25, 0.3) is 5.91 Å². The molecule has 1 unspecified atom stereocenters. The van der Waals surface area contributed by atoms with Crippen molar-refractivity contribution in [3.63, 3.8) is 0 Å². The normalized spacial score (nSPS) is 18.5. The lowest BCUT2D eigenvalue weighted by molar-refractivity contribution is -0.250. The number of carbonyl (C=O) groups is 1. The highest BCUT2D eigenvalue weighted by Gasteiger charge is 2.57. The molecular weight excluding hydrogens is 385 g/mol. The third kappa shape index (κ3) is 4.01. The van der Waals surface area contributed by atoms with Gasteiger partial charge in [-0.05, 0) is 25.7 Å². The van der Waals surface area contributed by atoms with Crippen LogP contribution in [-0.4, -0.2) is 56.0 Å². The molecule has 2 aromatic rings. The lowest BCUT2D eigenvalue weighted by Gasteiger charge is -2.41. The fraction of sp³-hybridized carbons (Fsp3) is 0.550. The first-order valence-corrected chi connectivity index (χ1v) is 9.51. The molecule has 1 aliphatic rings. The molecule has 1 fully saturated rings. The molecule has 1 aliphatic heterocycles. The number of hydrogen-bond acceptors (Lipinski definition) is 4. The summed E-state index contributed by atoms with van der Waals surface area (Å²) in [6.45, 7) is 4.83. The number of carbonyl (C=O) groups excluding carboxylic acids is 1. The predicted octanol–water partition coefficient (Wildman–Crippen LogP) is 3.30.